The fourth-order valence-corrected chi connectivity index (χ4v) is 1.19. The quantitative estimate of drug-likeness (QED) is 0.446. The topological polar surface area (TPSA) is 26.0 Å². The van der Waals surface area contributed by atoms with Gasteiger partial charge in [-0.2, -0.15) is 0 Å². The van der Waals surface area contributed by atoms with Gasteiger partial charge >= 0.3 is 0 Å². The summed E-state index contributed by atoms with van der Waals surface area (Å²) in [6.07, 6.45) is 0. The lowest BCUT2D eigenvalue weighted by Gasteiger charge is -2.11. The molecule has 0 aliphatic heterocycles. The molecule has 0 unspecified atom stereocenters. The van der Waals surface area contributed by atoms with Crippen LogP contribution in [0, 0.1) is 23.3 Å². The number of hydrogen-bond donors (Lipinski definition) is 1. The van der Waals surface area contributed by atoms with Crippen LogP contribution in [0.4, 0.5) is 17.6 Å². The molecular formula is C8H6ClF4N. The van der Waals surface area contributed by atoms with Gasteiger partial charge in [0.2, 0.25) is 0 Å². The summed E-state index contributed by atoms with van der Waals surface area (Å²) in [5.74, 6) is -6.36. The largest absolute Gasteiger partial charge is 0.324 e. The second-order valence-electron chi connectivity index (χ2n) is 2.77. The van der Waals surface area contributed by atoms with Crippen LogP contribution >= 0.6 is 11.6 Å². The second kappa shape index (κ2) is 3.74. The first kappa shape index (κ1) is 11.3. The van der Waals surface area contributed by atoms with Crippen LogP contribution in [0.25, 0.3) is 0 Å². The molecule has 14 heavy (non-hydrogen) atoms. The highest BCUT2D eigenvalue weighted by molar-refractivity contribution is 6.30. The molecular weight excluding hydrogens is 222 g/mol. The minimum atomic E-state index is -1.63. The molecule has 78 valence electrons. The smallest absolute Gasteiger partial charge is 0.180 e. The van der Waals surface area contributed by atoms with Crippen LogP contribution < -0.4 is 5.73 Å². The summed E-state index contributed by atoms with van der Waals surface area (Å²) in [4.78, 5) is 0. The number of rotatable bonds is 1. The summed E-state index contributed by atoms with van der Waals surface area (Å²) in [6.45, 7) is 1.20. The first-order chi connectivity index (χ1) is 6.37. The molecule has 0 saturated carbocycles. The van der Waals surface area contributed by atoms with Crippen LogP contribution in [-0.2, 0) is 0 Å². The lowest BCUT2D eigenvalue weighted by molar-refractivity contribution is 0.431. The Hall–Kier alpha value is -0.810. The zero-order valence-electron chi connectivity index (χ0n) is 7.04. The molecule has 6 heteroatoms. The number of benzene rings is 1. The van der Waals surface area contributed by atoms with Gasteiger partial charge in [0.15, 0.2) is 23.3 Å². The Morgan fingerprint density at radius 3 is 1.64 bits per heavy atom. The van der Waals surface area contributed by atoms with Crippen molar-refractivity contribution in [3.05, 3.63) is 33.9 Å². The van der Waals surface area contributed by atoms with Crippen molar-refractivity contribution in [3.63, 3.8) is 0 Å². The maximum absolute atomic E-state index is 13.0. The summed E-state index contributed by atoms with van der Waals surface area (Å²) in [5, 5.41) is -1.20. The molecule has 0 fully saturated rings. The van der Waals surface area contributed by atoms with Gasteiger partial charge in [0.05, 0.1) is 0 Å². The van der Waals surface area contributed by atoms with Crippen LogP contribution in [-0.4, -0.2) is 0 Å². The molecule has 0 aliphatic rings. The second-order valence-corrected chi connectivity index (χ2v) is 3.15. The van der Waals surface area contributed by atoms with E-state index < -0.39 is 39.9 Å². The van der Waals surface area contributed by atoms with Gasteiger partial charge < -0.3 is 5.73 Å². The maximum atomic E-state index is 13.0. The van der Waals surface area contributed by atoms with Gasteiger partial charge in [-0.1, -0.05) is 11.6 Å². The number of hydrogen-bond acceptors (Lipinski definition) is 1. The van der Waals surface area contributed by atoms with Gasteiger partial charge in [0.1, 0.15) is 5.02 Å². The molecule has 1 atom stereocenters. The van der Waals surface area contributed by atoms with E-state index in [1.807, 2.05) is 0 Å². The van der Waals surface area contributed by atoms with Gasteiger partial charge in [-0.15, -0.1) is 0 Å². The van der Waals surface area contributed by atoms with Crippen molar-refractivity contribution in [3.8, 4) is 0 Å². The molecule has 0 spiro atoms. The van der Waals surface area contributed by atoms with Crippen molar-refractivity contribution in [2.45, 2.75) is 13.0 Å². The van der Waals surface area contributed by atoms with Crippen molar-refractivity contribution in [2.75, 3.05) is 0 Å². The Balaban J connectivity index is 3.60. The van der Waals surface area contributed by atoms with Gasteiger partial charge in [0, 0.05) is 11.6 Å². The van der Waals surface area contributed by atoms with E-state index in [1.54, 1.807) is 0 Å². The SMILES string of the molecule is C[C@H](N)c1c(F)c(F)c(Cl)c(F)c1F. The van der Waals surface area contributed by atoms with Crippen LogP contribution in [0.2, 0.25) is 5.02 Å². The Kier molecular flexibility index (Phi) is 3.01. The normalized spacial score (nSPS) is 13.1. The molecule has 0 radical (unpaired) electrons. The van der Waals surface area contributed by atoms with E-state index in [0.29, 0.717) is 0 Å². The molecule has 2 N–H and O–H groups in total. The molecule has 0 heterocycles. The van der Waals surface area contributed by atoms with E-state index in [-0.39, 0.29) is 0 Å². The van der Waals surface area contributed by atoms with E-state index in [4.69, 9.17) is 17.3 Å². The third-order valence-corrected chi connectivity index (χ3v) is 2.03. The maximum Gasteiger partial charge on any atom is 0.180 e. The highest BCUT2D eigenvalue weighted by atomic mass is 35.5. The van der Waals surface area contributed by atoms with Crippen molar-refractivity contribution in [2.24, 2.45) is 5.73 Å². The van der Waals surface area contributed by atoms with Crippen molar-refractivity contribution in [1.29, 1.82) is 0 Å². The van der Waals surface area contributed by atoms with E-state index in [1.165, 1.54) is 6.92 Å². The third-order valence-electron chi connectivity index (χ3n) is 1.70. The lowest BCUT2D eigenvalue weighted by atomic mass is 10.1. The van der Waals surface area contributed by atoms with Crippen molar-refractivity contribution >= 4 is 11.6 Å². The minimum Gasteiger partial charge on any atom is -0.324 e. The summed E-state index contributed by atoms with van der Waals surface area (Å²) in [6, 6.07) is -1.16. The molecule has 1 aromatic rings. The Labute approximate surface area is 82.5 Å². The summed E-state index contributed by atoms with van der Waals surface area (Å²) in [5.41, 5.74) is 4.30. The Bertz CT molecular complexity index is 349. The van der Waals surface area contributed by atoms with Crippen LogP contribution in [0.1, 0.15) is 18.5 Å². The highest BCUT2D eigenvalue weighted by Gasteiger charge is 2.25. The van der Waals surface area contributed by atoms with E-state index in [0.717, 1.165) is 0 Å². The predicted octanol–water partition coefficient (Wildman–Crippen LogP) is 2.92. The van der Waals surface area contributed by atoms with Gasteiger partial charge in [-0.25, -0.2) is 17.6 Å². The van der Waals surface area contributed by atoms with Crippen LogP contribution in [0.15, 0.2) is 0 Å². The van der Waals surface area contributed by atoms with Crippen LogP contribution in [0.5, 0.6) is 0 Å². The molecule has 1 rings (SSSR count). The van der Waals surface area contributed by atoms with Crippen molar-refractivity contribution in [1.82, 2.24) is 0 Å². The van der Waals surface area contributed by atoms with Gasteiger partial charge in [-0.05, 0) is 6.92 Å². The number of halogens is 5. The zero-order chi connectivity index (χ0) is 11.0. The number of nitrogens with two attached hydrogens (primary N) is 1. The van der Waals surface area contributed by atoms with E-state index in [2.05, 4.69) is 0 Å². The van der Waals surface area contributed by atoms with Gasteiger partial charge in [-0.3, -0.25) is 0 Å². The molecule has 0 amide bonds. The molecule has 1 nitrogen and oxygen atoms in total. The first-order valence-electron chi connectivity index (χ1n) is 3.64. The predicted molar refractivity (Wildman–Crippen MR) is 43.9 cm³/mol. The average molecular weight is 228 g/mol. The molecule has 0 bridgehead atoms. The molecule has 1 aromatic carbocycles. The first-order valence-corrected chi connectivity index (χ1v) is 4.02. The third kappa shape index (κ3) is 1.57. The van der Waals surface area contributed by atoms with Crippen LogP contribution in [0.3, 0.4) is 0 Å². The molecule has 0 saturated heterocycles. The summed E-state index contributed by atoms with van der Waals surface area (Å²) >= 11 is 4.99. The highest BCUT2D eigenvalue weighted by Crippen LogP contribution is 2.30. The lowest BCUT2D eigenvalue weighted by Crippen LogP contribution is -2.13. The fourth-order valence-electron chi connectivity index (χ4n) is 1.02. The monoisotopic (exact) mass is 227 g/mol. The van der Waals surface area contributed by atoms with Gasteiger partial charge in [0.25, 0.3) is 0 Å². The van der Waals surface area contributed by atoms with E-state index >= 15 is 0 Å². The molecule has 0 aliphatic carbocycles. The Morgan fingerprint density at radius 1 is 1.00 bits per heavy atom. The zero-order valence-corrected chi connectivity index (χ0v) is 7.80. The molecule has 0 aromatic heterocycles. The summed E-state index contributed by atoms with van der Waals surface area (Å²) < 4.78 is 51.7. The van der Waals surface area contributed by atoms with E-state index in [9.17, 15) is 17.6 Å². The standard InChI is InChI=1S/C8H6ClF4N/c1-2(14)3-5(10)7(12)4(9)8(13)6(3)11/h2H,14H2,1H3/t2-/m0/s1. The fraction of sp³-hybridized carbons (Fsp3) is 0.250. The average Bonchev–Trinajstić information content (AvgIpc) is 2.11. The van der Waals surface area contributed by atoms with Crippen molar-refractivity contribution < 1.29 is 17.6 Å². The Morgan fingerprint density at radius 2 is 1.36 bits per heavy atom. The summed E-state index contributed by atoms with van der Waals surface area (Å²) in [7, 11) is 0. The minimum absolute atomic E-state index is 0.843.